The lowest BCUT2D eigenvalue weighted by atomic mass is 9.94. The molecule has 6 rings (SSSR count). The minimum atomic E-state index is -0.665. The van der Waals surface area contributed by atoms with Gasteiger partial charge in [0.1, 0.15) is 11.8 Å². The molecule has 1 aliphatic rings. The Balaban J connectivity index is 1.37. The molecule has 0 radical (unpaired) electrons. The number of amides is 1. The van der Waals surface area contributed by atoms with Gasteiger partial charge in [0, 0.05) is 22.9 Å². The lowest BCUT2D eigenvalue weighted by Crippen LogP contribution is -2.31. The van der Waals surface area contributed by atoms with Crippen LogP contribution < -0.4 is 24.8 Å². The number of carbonyl (C=O) groups is 1. The highest BCUT2D eigenvalue weighted by molar-refractivity contribution is 9.10. The van der Waals surface area contributed by atoms with Gasteiger partial charge in [-0.2, -0.15) is 4.98 Å². The Morgan fingerprint density at radius 1 is 0.960 bits per heavy atom. The number of benzene rings is 4. The molecule has 1 atom stereocenters. The van der Waals surface area contributed by atoms with E-state index in [1.807, 2.05) is 99.6 Å². The van der Waals surface area contributed by atoms with Gasteiger partial charge in [0.05, 0.1) is 35.6 Å². The van der Waals surface area contributed by atoms with Crippen LogP contribution in [0, 0.1) is 0 Å². The van der Waals surface area contributed by atoms with Crippen molar-refractivity contribution in [2.75, 3.05) is 30.5 Å². The first-order chi connectivity index (χ1) is 24.4. The number of nitrogens with zero attached hydrogens (tertiary/aromatic N) is 3. The summed E-state index contributed by atoms with van der Waals surface area (Å²) in [7, 11) is 0. The molecule has 0 saturated carbocycles. The number of halogens is 2. The van der Waals surface area contributed by atoms with Crippen LogP contribution in [0.4, 0.5) is 11.6 Å². The van der Waals surface area contributed by atoms with E-state index in [9.17, 15) is 4.79 Å². The fourth-order valence-electron chi connectivity index (χ4n) is 5.66. The zero-order valence-electron chi connectivity index (χ0n) is 27.9. The molecule has 5 aromatic rings. The molecule has 0 bridgehead atoms. The number of fused-ring (bicyclic) bond motifs is 1. The molecule has 1 amide bonds. The number of nitrogens with one attached hydrogen (secondary N) is 2. The van der Waals surface area contributed by atoms with Crippen molar-refractivity contribution in [3.8, 4) is 17.2 Å². The number of thioether (sulfide) groups is 1. The van der Waals surface area contributed by atoms with Gasteiger partial charge in [0.25, 0.3) is 5.91 Å². The molecule has 0 fully saturated rings. The Morgan fingerprint density at radius 2 is 1.68 bits per heavy atom. The molecule has 258 valence electrons. The van der Waals surface area contributed by atoms with Crippen molar-refractivity contribution in [2.45, 2.75) is 44.1 Å². The van der Waals surface area contributed by atoms with Crippen LogP contribution >= 0.6 is 39.3 Å². The Bertz CT molecular complexity index is 2000. The fourth-order valence-corrected chi connectivity index (χ4v) is 7.35. The molecule has 2 heterocycles. The Hall–Kier alpha value is -4.45. The average Bonchev–Trinajstić information content (AvgIpc) is 3.52. The molecule has 2 N–H and O–H groups in total. The maximum Gasteiger partial charge on any atom is 0.255 e. The number of carbonyl (C=O) groups excluding carboxylic acids is 1. The third kappa shape index (κ3) is 8.12. The van der Waals surface area contributed by atoms with Gasteiger partial charge >= 0.3 is 0 Å². The van der Waals surface area contributed by atoms with Crippen molar-refractivity contribution < 1.29 is 19.0 Å². The molecule has 0 aliphatic carbocycles. The van der Waals surface area contributed by atoms with Gasteiger partial charge in [0.2, 0.25) is 11.1 Å². The maximum atomic E-state index is 14.3. The van der Waals surface area contributed by atoms with Crippen LogP contribution in [0.5, 0.6) is 17.2 Å². The maximum absolute atomic E-state index is 14.3. The third-order valence-electron chi connectivity index (χ3n) is 7.95. The second-order valence-electron chi connectivity index (χ2n) is 11.3. The topological polar surface area (TPSA) is 99.5 Å². The molecule has 4 aromatic carbocycles. The van der Waals surface area contributed by atoms with Crippen molar-refractivity contribution in [2.24, 2.45) is 0 Å². The smallest absolute Gasteiger partial charge is 0.255 e. The summed E-state index contributed by atoms with van der Waals surface area (Å²) in [5, 5.41) is 12.6. The van der Waals surface area contributed by atoms with E-state index in [-0.39, 0.29) is 5.91 Å². The number of hydrogen-bond acceptors (Lipinski definition) is 8. The summed E-state index contributed by atoms with van der Waals surface area (Å²) >= 11 is 11.7. The van der Waals surface area contributed by atoms with E-state index in [1.165, 1.54) is 17.3 Å². The summed E-state index contributed by atoms with van der Waals surface area (Å²) in [4.78, 5) is 19.1. The molecule has 1 aromatic heterocycles. The molecular weight excluding hydrogens is 738 g/mol. The fraction of sp³-hybridized carbons (Fsp3) is 0.237. The number of rotatable bonds is 14. The van der Waals surface area contributed by atoms with Crippen LogP contribution in [0.25, 0.3) is 0 Å². The minimum Gasteiger partial charge on any atom is -0.492 e. The summed E-state index contributed by atoms with van der Waals surface area (Å²) in [6, 6.07) is 28.5. The molecule has 1 unspecified atom stereocenters. The molecule has 0 spiro atoms. The number of hydrogen-bond donors (Lipinski definition) is 2. The van der Waals surface area contributed by atoms with Crippen LogP contribution in [0.15, 0.2) is 112 Å². The van der Waals surface area contributed by atoms with E-state index in [0.717, 1.165) is 17.5 Å². The van der Waals surface area contributed by atoms with E-state index in [4.69, 9.17) is 35.9 Å². The normalized spacial score (nSPS) is 13.7. The van der Waals surface area contributed by atoms with Crippen LogP contribution in [0.2, 0.25) is 5.02 Å². The first kappa shape index (κ1) is 35.4. The highest BCUT2D eigenvalue weighted by atomic mass is 79.9. The summed E-state index contributed by atoms with van der Waals surface area (Å²) in [5.41, 5.74) is 4.58. The monoisotopic (exact) mass is 773 g/mol. The van der Waals surface area contributed by atoms with Crippen molar-refractivity contribution in [3.63, 3.8) is 0 Å². The first-order valence-electron chi connectivity index (χ1n) is 16.3. The highest BCUT2D eigenvalue weighted by Crippen LogP contribution is 2.44. The highest BCUT2D eigenvalue weighted by Gasteiger charge is 2.36. The first-order valence-corrected chi connectivity index (χ1v) is 18.5. The largest absolute Gasteiger partial charge is 0.492 e. The van der Waals surface area contributed by atoms with E-state index < -0.39 is 6.04 Å². The summed E-state index contributed by atoms with van der Waals surface area (Å²) in [6.45, 7) is 7.04. The molecule has 0 saturated heterocycles. The van der Waals surface area contributed by atoms with E-state index >= 15 is 0 Å². The zero-order chi connectivity index (χ0) is 35.0. The molecule has 1 aliphatic heterocycles. The van der Waals surface area contributed by atoms with E-state index in [2.05, 4.69) is 38.7 Å². The lowest BCUT2D eigenvalue weighted by molar-refractivity contribution is -0.113. The van der Waals surface area contributed by atoms with Gasteiger partial charge in [-0.1, -0.05) is 84.0 Å². The van der Waals surface area contributed by atoms with E-state index in [1.54, 1.807) is 4.68 Å². The number of para-hydroxylation sites is 2. The van der Waals surface area contributed by atoms with Crippen molar-refractivity contribution in [1.82, 2.24) is 14.8 Å². The Morgan fingerprint density at radius 3 is 2.46 bits per heavy atom. The number of anilines is 2. The second kappa shape index (κ2) is 16.5. The van der Waals surface area contributed by atoms with Crippen LogP contribution in [0.1, 0.15) is 43.5 Å². The van der Waals surface area contributed by atoms with Gasteiger partial charge in [-0.05, 0) is 83.7 Å². The van der Waals surface area contributed by atoms with E-state index in [0.29, 0.717) is 80.4 Å². The number of ether oxygens (including phenoxy) is 3. The second-order valence-corrected chi connectivity index (χ2v) is 13.5. The Labute approximate surface area is 309 Å². The lowest BCUT2D eigenvalue weighted by Gasteiger charge is -2.29. The average molecular weight is 775 g/mol. The van der Waals surface area contributed by atoms with Gasteiger partial charge in [-0.25, -0.2) is 4.68 Å². The third-order valence-corrected chi connectivity index (χ3v) is 9.80. The van der Waals surface area contributed by atoms with Crippen molar-refractivity contribution in [3.05, 3.63) is 128 Å². The number of allylic oxidation sites excluding steroid dienone is 1. The molecule has 12 heteroatoms. The zero-order valence-corrected chi connectivity index (χ0v) is 31.1. The van der Waals surface area contributed by atoms with Gasteiger partial charge < -0.3 is 24.8 Å². The Kier molecular flexibility index (Phi) is 11.7. The number of aromatic nitrogens is 3. The van der Waals surface area contributed by atoms with Crippen LogP contribution in [0.3, 0.4) is 0 Å². The minimum absolute atomic E-state index is 0.309. The van der Waals surface area contributed by atoms with Gasteiger partial charge in [-0.15, -0.1) is 5.10 Å². The van der Waals surface area contributed by atoms with Crippen molar-refractivity contribution >= 4 is 56.8 Å². The quantitative estimate of drug-likeness (QED) is 0.108. The van der Waals surface area contributed by atoms with Crippen LogP contribution in [-0.4, -0.2) is 40.5 Å². The summed E-state index contributed by atoms with van der Waals surface area (Å²) in [6.07, 6.45) is 0.737. The van der Waals surface area contributed by atoms with Crippen molar-refractivity contribution in [1.29, 1.82) is 0 Å². The molecule has 50 heavy (non-hydrogen) atoms. The standard InChI is InChI=1S/C38H37BrClN5O4S/c1-4-47-31-18-12-11-17-30(31)42-36(46)33-24(3)41-37-43-38(50-23-26-15-9-10-16-29(26)40)44-45(37)34(33)27-21-28(39)35(32(22-27)48-5-2)49-20-19-25-13-7-6-8-14-25/h6-18,21-22,34H,4-5,19-20,23H2,1-3H3,(H,42,46)(H,41,43,44). The summed E-state index contributed by atoms with van der Waals surface area (Å²) in [5.74, 6) is 2.51. The SMILES string of the molecule is CCOc1ccccc1NC(=O)C1=C(C)Nc2nc(SCc3ccccc3Cl)nn2C1c1cc(Br)c(OCCc2ccccc2)c(OCC)c1. The predicted octanol–water partition coefficient (Wildman–Crippen LogP) is 9.33. The molecule has 9 nitrogen and oxygen atoms in total. The molecular formula is C38H37BrClN5O4S. The predicted molar refractivity (Wildman–Crippen MR) is 203 cm³/mol. The van der Waals surface area contributed by atoms with Crippen LogP contribution in [-0.2, 0) is 17.0 Å². The summed E-state index contributed by atoms with van der Waals surface area (Å²) < 4.78 is 20.7. The van der Waals surface area contributed by atoms with Gasteiger partial charge in [0.15, 0.2) is 11.5 Å². The van der Waals surface area contributed by atoms with Gasteiger partial charge in [-0.3, -0.25) is 4.79 Å².